The number of nitrogens with two attached hydrogens (primary N) is 1. The van der Waals surface area contributed by atoms with Crippen LogP contribution in [0.4, 0.5) is 5.69 Å². The third-order valence-electron chi connectivity index (χ3n) is 3.25. The van der Waals surface area contributed by atoms with Crippen LogP contribution in [0.15, 0.2) is 30.3 Å². The number of nitrogens with one attached hydrogen (secondary N) is 1. The van der Waals surface area contributed by atoms with Crippen molar-refractivity contribution in [3.63, 3.8) is 0 Å². The molecule has 1 amide bonds. The monoisotopic (exact) mass is 247 g/mol. The van der Waals surface area contributed by atoms with Crippen molar-refractivity contribution < 1.29 is 4.79 Å². The Balaban J connectivity index is 1.74. The van der Waals surface area contributed by atoms with Gasteiger partial charge in [0.2, 0.25) is 5.91 Å². The number of nitrogens with zero attached hydrogens (tertiary/aromatic N) is 1. The van der Waals surface area contributed by atoms with Crippen LogP contribution in [-0.4, -0.2) is 36.0 Å². The largest absolute Gasteiger partial charge is 0.325 e. The Bertz CT molecular complexity index is 399. The Morgan fingerprint density at radius 3 is 2.67 bits per heavy atom. The van der Waals surface area contributed by atoms with E-state index in [2.05, 4.69) is 17.1 Å². The summed E-state index contributed by atoms with van der Waals surface area (Å²) in [5.74, 6) is 0.0275. The minimum absolute atomic E-state index is 0.0275. The molecule has 98 valence electrons. The average Bonchev–Trinajstić information content (AvgIpc) is 2.28. The van der Waals surface area contributed by atoms with Crippen LogP contribution < -0.4 is 11.1 Å². The fourth-order valence-corrected chi connectivity index (χ4v) is 2.54. The van der Waals surface area contributed by atoms with Gasteiger partial charge in [-0.1, -0.05) is 31.5 Å². The van der Waals surface area contributed by atoms with E-state index in [1.54, 1.807) is 0 Å². The second kappa shape index (κ2) is 5.50. The molecule has 4 nitrogen and oxygen atoms in total. The van der Waals surface area contributed by atoms with Gasteiger partial charge in [-0.25, -0.2) is 0 Å². The van der Waals surface area contributed by atoms with Gasteiger partial charge in [0.1, 0.15) is 0 Å². The molecule has 1 aliphatic rings. The van der Waals surface area contributed by atoms with Crippen LogP contribution >= 0.6 is 0 Å². The first-order valence-corrected chi connectivity index (χ1v) is 6.47. The maximum Gasteiger partial charge on any atom is 0.238 e. The first kappa shape index (κ1) is 13.1. The number of rotatable bonds is 5. The van der Waals surface area contributed by atoms with E-state index in [1.807, 2.05) is 30.3 Å². The molecule has 4 heteroatoms. The van der Waals surface area contributed by atoms with Crippen LogP contribution in [0.1, 0.15) is 19.8 Å². The molecule has 1 aromatic rings. The third-order valence-corrected chi connectivity index (χ3v) is 3.25. The molecule has 2 rings (SSSR count). The Kier molecular flexibility index (Phi) is 3.99. The normalized spacial score (nSPS) is 18.1. The molecule has 0 radical (unpaired) electrons. The summed E-state index contributed by atoms with van der Waals surface area (Å²) in [6, 6.07) is 9.52. The summed E-state index contributed by atoms with van der Waals surface area (Å²) in [6.45, 7) is 4.21. The number of carbonyl (C=O) groups excluding carboxylic acids is 1. The lowest BCUT2D eigenvalue weighted by atomic mass is 9.86. The van der Waals surface area contributed by atoms with Crippen molar-refractivity contribution in [2.45, 2.75) is 25.3 Å². The van der Waals surface area contributed by atoms with Crippen molar-refractivity contribution in [1.29, 1.82) is 0 Å². The van der Waals surface area contributed by atoms with Crippen molar-refractivity contribution in [2.24, 2.45) is 5.73 Å². The van der Waals surface area contributed by atoms with Crippen LogP contribution in [0.25, 0.3) is 0 Å². The van der Waals surface area contributed by atoms with E-state index in [0.29, 0.717) is 6.54 Å². The van der Waals surface area contributed by atoms with E-state index in [0.717, 1.165) is 31.6 Å². The summed E-state index contributed by atoms with van der Waals surface area (Å²) in [7, 11) is 0. The molecule has 1 saturated heterocycles. The topological polar surface area (TPSA) is 58.4 Å². The van der Waals surface area contributed by atoms with Crippen molar-refractivity contribution in [1.82, 2.24) is 4.90 Å². The minimum Gasteiger partial charge on any atom is -0.325 e. The van der Waals surface area contributed by atoms with Gasteiger partial charge >= 0.3 is 0 Å². The number of likely N-dealkylation sites (tertiary alicyclic amines) is 1. The second-order valence-electron chi connectivity index (χ2n) is 5.17. The van der Waals surface area contributed by atoms with Gasteiger partial charge in [0.15, 0.2) is 0 Å². The van der Waals surface area contributed by atoms with E-state index in [9.17, 15) is 4.79 Å². The van der Waals surface area contributed by atoms with Gasteiger partial charge in [0.25, 0.3) is 0 Å². The fourth-order valence-electron chi connectivity index (χ4n) is 2.54. The number of anilines is 1. The average molecular weight is 247 g/mol. The summed E-state index contributed by atoms with van der Waals surface area (Å²) in [6.07, 6.45) is 2.13. The summed E-state index contributed by atoms with van der Waals surface area (Å²) < 4.78 is 0. The molecule has 1 aromatic carbocycles. The zero-order chi connectivity index (χ0) is 13.0. The predicted octanol–water partition coefficient (Wildman–Crippen LogP) is 1.44. The molecule has 1 fully saturated rings. The number of amides is 1. The molecule has 0 spiro atoms. The predicted molar refractivity (Wildman–Crippen MR) is 73.3 cm³/mol. The number of benzene rings is 1. The maximum atomic E-state index is 11.8. The molecule has 0 saturated carbocycles. The van der Waals surface area contributed by atoms with E-state index in [4.69, 9.17) is 5.73 Å². The first-order valence-electron chi connectivity index (χ1n) is 6.47. The van der Waals surface area contributed by atoms with Crippen molar-refractivity contribution in [2.75, 3.05) is 25.0 Å². The molecule has 1 aliphatic heterocycles. The van der Waals surface area contributed by atoms with Gasteiger partial charge < -0.3 is 11.1 Å². The lowest BCUT2D eigenvalue weighted by Gasteiger charge is -2.47. The molecular formula is C14H21N3O. The van der Waals surface area contributed by atoms with Gasteiger partial charge in [-0.05, 0) is 18.6 Å². The Morgan fingerprint density at radius 1 is 1.39 bits per heavy atom. The first-order chi connectivity index (χ1) is 8.61. The van der Waals surface area contributed by atoms with Crippen LogP contribution in [0.5, 0.6) is 0 Å². The highest BCUT2D eigenvalue weighted by Crippen LogP contribution is 2.22. The summed E-state index contributed by atoms with van der Waals surface area (Å²) >= 11 is 0. The van der Waals surface area contributed by atoms with Crippen molar-refractivity contribution >= 4 is 11.6 Å². The molecule has 0 bridgehead atoms. The fraction of sp³-hybridized carbons (Fsp3) is 0.500. The van der Waals surface area contributed by atoms with E-state index in [-0.39, 0.29) is 11.4 Å². The van der Waals surface area contributed by atoms with E-state index in [1.165, 1.54) is 0 Å². The Morgan fingerprint density at radius 2 is 2.06 bits per heavy atom. The highest BCUT2D eigenvalue weighted by Gasteiger charge is 2.38. The molecular weight excluding hydrogens is 226 g/mol. The van der Waals surface area contributed by atoms with Gasteiger partial charge in [-0.15, -0.1) is 0 Å². The quantitative estimate of drug-likeness (QED) is 0.827. The van der Waals surface area contributed by atoms with Gasteiger partial charge in [0, 0.05) is 24.3 Å². The number of para-hydroxylation sites is 1. The zero-order valence-corrected chi connectivity index (χ0v) is 10.9. The van der Waals surface area contributed by atoms with Crippen LogP contribution in [0, 0.1) is 0 Å². The molecule has 0 atom stereocenters. The molecule has 0 unspecified atom stereocenters. The number of carbonyl (C=O) groups is 1. The van der Waals surface area contributed by atoms with Gasteiger partial charge in [0.05, 0.1) is 6.54 Å². The van der Waals surface area contributed by atoms with Crippen LogP contribution in [0.2, 0.25) is 0 Å². The van der Waals surface area contributed by atoms with E-state index < -0.39 is 0 Å². The standard InChI is InChI=1S/C14H21N3O/c1-2-8-14(15)10-17(11-14)9-13(18)16-12-6-4-3-5-7-12/h3-7H,2,8-11,15H2,1H3,(H,16,18). The van der Waals surface area contributed by atoms with Gasteiger partial charge in [-0.3, -0.25) is 9.69 Å². The summed E-state index contributed by atoms with van der Waals surface area (Å²) in [5, 5.41) is 2.88. The maximum absolute atomic E-state index is 11.8. The number of hydrogen-bond acceptors (Lipinski definition) is 3. The van der Waals surface area contributed by atoms with Crippen LogP contribution in [0.3, 0.4) is 0 Å². The number of hydrogen-bond donors (Lipinski definition) is 2. The molecule has 3 N–H and O–H groups in total. The summed E-state index contributed by atoms with van der Waals surface area (Å²) in [5.41, 5.74) is 6.93. The van der Waals surface area contributed by atoms with E-state index >= 15 is 0 Å². The smallest absolute Gasteiger partial charge is 0.238 e. The molecule has 18 heavy (non-hydrogen) atoms. The molecule has 0 aromatic heterocycles. The SMILES string of the molecule is CCCC1(N)CN(CC(=O)Nc2ccccc2)C1. The summed E-state index contributed by atoms with van der Waals surface area (Å²) in [4.78, 5) is 13.9. The van der Waals surface area contributed by atoms with Crippen LogP contribution in [-0.2, 0) is 4.79 Å². The highest BCUT2D eigenvalue weighted by molar-refractivity contribution is 5.92. The lowest BCUT2D eigenvalue weighted by Crippen LogP contribution is -2.68. The van der Waals surface area contributed by atoms with Gasteiger partial charge in [-0.2, -0.15) is 0 Å². The van der Waals surface area contributed by atoms with Crippen molar-refractivity contribution in [3.05, 3.63) is 30.3 Å². The highest BCUT2D eigenvalue weighted by atomic mass is 16.2. The molecule has 1 heterocycles. The minimum atomic E-state index is -0.0677. The Labute approximate surface area is 108 Å². The lowest BCUT2D eigenvalue weighted by molar-refractivity contribution is -0.119. The molecule has 0 aliphatic carbocycles. The zero-order valence-electron chi connectivity index (χ0n) is 10.9. The van der Waals surface area contributed by atoms with Crippen molar-refractivity contribution in [3.8, 4) is 0 Å². The second-order valence-corrected chi connectivity index (χ2v) is 5.17. The Hall–Kier alpha value is -1.39. The third kappa shape index (κ3) is 3.31.